The summed E-state index contributed by atoms with van der Waals surface area (Å²) in [5.74, 6) is -0.607. The minimum absolute atomic E-state index is 0.127. The maximum Gasteiger partial charge on any atom is 0.410 e. The van der Waals surface area contributed by atoms with Crippen LogP contribution in [0.1, 0.15) is 77.0 Å². The minimum Gasteiger partial charge on any atom is -0.444 e. The maximum absolute atomic E-state index is 13.7. The van der Waals surface area contributed by atoms with E-state index in [4.69, 9.17) is 4.74 Å². The van der Waals surface area contributed by atoms with Crippen LogP contribution in [0.15, 0.2) is 24.3 Å². The van der Waals surface area contributed by atoms with Crippen LogP contribution in [-0.2, 0) is 14.3 Å². The summed E-state index contributed by atoms with van der Waals surface area (Å²) >= 11 is 1.31. The number of hydrogen-bond donors (Lipinski definition) is 2. The summed E-state index contributed by atoms with van der Waals surface area (Å²) in [6, 6.07) is 6.03. The molecule has 0 radical (unpaired) electrons. The zero-order valence-electron chi connectivity index (χ0n) is 23.2. The molecule has 0 bridgehead atoms. The van der Waals surface area contributed by atoms with Gasteiger partial charge in [-0.3, -0.25) is 14.4 Å². The van der Waals surface area contributed by atoms with Gasteiger partial charge in [-0.25, -0.2) is 9.78 Å². The number of likely N-dealkylation sites (tertiary alicyclic amines) is 1. The number of piperidine rings is 1. The van der Waals surface area contributed by atoms with E-state index in [9.17, 15) is 19.2 Å². The van der Waals surface area contributed by atoms with Crippen LogP contribution >= 0.6 is 11.3 Å². The highest BCUT2D eigenvalue weighted by atomic mass is 32.1. The number of aromatic nitrogens is 1. The molecule has 0 aliphatic carbocycles. The number of nitrogens with zero attached hydrogens (tertiary/aromatic N) is 2. The summed E-state index contributed by atoms with van der Waals surface area (Å²) in [5, 5.41) is 6.01. The Morgan fingerprint density at radius 3 is 2.32 bits per heavy atom. The van der Waals surface area contributed by atoms with E-state index in [0.717, 1.165) is 10.2 Å². The van der Waals surface area contributed by atoms with Gasteiger partial charge in [0.25, 0.3) is 0 Å². The molecule has 1 aliphatic heterocycles. The number of Topliss-reactive ketones (excluding diaryl/α,β-unsaturated/α-hetero) is 1. The molecule has 3 amide bonds. The normalized spacial score (nSPS) is 16.2. The Kier molecular flexibility index (Phi) is 9.87. The van der Waals surface area contributed by atoms with Crippen LogP contribution in [-0.4, -0.2) is 64.3 Å². The number of thiazole rings is 1. The van der Waals surface area contributed by atoms with Crippen molar-refractivity contribution in [3.8, 4) is 0 Å². The molecule has 1 saturated heterocycles. The highest BCUT2D eigenvalue weighted by Gasteiger charge is 2.33. The van der Waals surface area contributed by atoms with Gasteiger partial charge in [-0.2, -0.15) is 0 Å². The largest absolute Gasteiger partial charge is 0.444 e. The van der Waals surface area contributed by atoms with Crippen LogP contribution in [0.4, 0.5) is 4.79 Å². The first-order chi connectivity index (χ1) is 17.8. The van der Waals surface area contributed by atoms with Gasteiger partial charge in [0.15, 0.2) is 5.01 Å². The third-order valence-electron chi connectivity index (χ3n) is 6.37. The van der Waals surface area contributed by atoms with Crippen molar-refractivity contribution in [1.82, 2.24) is 20.5 Å². The monoisotopic (exact) mass is 544 g/mol. The topological polar surface area (TPSA) is 118 Å². The summed E-state index contributed by atoms with van der Waals surface area (Å²) in [7, 11) is 0. The quantitative estimate of drug-likeness (QED) is 0.447. The van der Waals surface area contributed by atoms with E-state index in [2.05, 4.69) is 15.6 Å². The lowest BCUT2D eigenvalue weighted by Crippen LogP contribution is -2.52. The predicted molar refractivity (Wildman–Crippen MR) is 148 cm³/mol. The number of hydrogen-bond acceptors (Lipinski definition) is 7. The molecule has 3 rings (SSSR count). The van der Waals surface area contributed by atoms with E-state index in [1.807, 2.05) is 58.9 Å². The Morgan fingerprint density at radius 1 is 1.08 bits per heavy atom. The smallest absolute Gasteiger partial charge is 0.410 e. The number of ketones is 1. The zero-order chi connectivity index (χ0) is 28.0. The molecular weight excluding hydrogens is 504 g/mol. The van der Waals surface area contributed by atoms with Crippen LogP contribution < -0.4 is 10.6 Å². The molecule has 208 valence electrons. The number of amides is 3. The number of nitrogens with one attached hydrogen (secondary N) is 2. The van der Waals surface area contributed by atoms with E-state index in [0.29, 0.717) is 43.8 Å². The van der Waals surface area contributed by atoms with Crippen molar-refractivity contribution >= 4 is 45.2 Å². The molecule has 1 fully saturated rings. The number of carbonyl (C=O) groups is 4. The van der Waals surface area contributed by atoms with Crippen LogP contribution in [0.2, 0.25) is 0 Å². The van der Waals surface area contributed by atoms with Crippen molar-refractivity contribution in [2.24, 2.45) is 11.8 Å². The first-order valence-corrected chi connectivity index (χ1v) is 14.1. The number of benzene rings is 1. The molecule has 10 heteroatoms. The molecule has 1 aliphatic rings. The van der Waals surface area contributed by atoms with Gasteiger partial charge < -0.3 is 20.3 Å². The molecular formula is C28H40N4O5S. The second kappa shape index (κ2) is 12.7. The van der Waals surface area contributed by atoms with E-state index in [1.54, 1.807) is 4.90 Å². The third kappa shape index (κ3) is 8.51. The molecule has 1 aromatic heterocycles. The minimum atomic E-state index is -0.787. The average Bonchev–Trinajstić information content (AvgIpc) is 3.26. The van der Waals surface area contributed by atoms with Crippen LogP contribution in [0.3, 0.4) is 0 Å². The lowest BCUT2D eigenvalue weighted by molar-refractivity contribution is -0.128. The molecule has 2 aromatic rings. The van der Waals surface area contributed by atoms with Crippen molar-refractivity contribution in [2.75, 3.05) is 13.1 Å². The first kappa shape index (κ1) is 29.5. The molecule has 9 nitrogen and oxygen atoms in total. The fourth-order valence-corrected chi connectivity index (χ4v) is 5.55. The summed E-state index contributed by atoms with van der Waals surface area (Å²) in [6.07, 6.45) is 1.94. The summed E-state index contributed by atoms with van der Waals surface area (Å²) in [6.45, 7) is 11.9. The predicted octanol–water partition coefficient (Wildman–Crippen LogP) is 4.55. The summed E-state index contributed by atoms with van der Waals surface area (Å²) in [5.41, 5.74) is 0.181. The number of carbonyl (C=O) groups excluding carboxylic acids is 4. The number of para-hydroxylation sites is 1. The SMILES string of the molecule is CC(=O)N[C@@H](CC(C)C)C(=O)NC(CC1CCN(C(=O)OC(C)(C)C)CC1)C(=O)c1nc2ccccc2s1. The molecule has 0 spiro atoms. The van der Waals surface area contributed by atoms with Gasteiger partial charge in [0.2, 0.25) is 17.6 Å². The average molecular weight is 545 g/mol. The van der Waals surface area contributed by atoms with Crippen molar-refractivity contribution < 1.29 is 23.9 Å². The molecule has 1 aromatic carbocycles. The Balaban J connectivity index is 1.76. The zero-order valence-corrected chi connectivity index (χ0v) is 24.0. The van der Waals surface area contributed by atoms with E-state index >= 15 is 0 Å². The van der Waals surface area contributed by atoms with Gasteiger partial charge in [0.1, 0.15) is 11.6 Å². The van der Waals surface area contributed by atoms with E-state index in [-0.39, 0.29) is 35.5 Å². The van der Waals surface area contributed by atoms with Crippen LogP contribution in [0.25, 0.3) is 10.2 Å². The molecule has 0 saturated carbocycles. The van der Waals surface area contributed by atoms with Gasteiger partial charge in [-0.05, 0) is 70.4 Å². The van der Waals surface area contributed by atoms with Gasteiger partial charge >= 0.3 is 6.09 Å². The van der Waals surface area contributed by atoms with Gasteiger partial charge in [0.05, 0.1) is 16.3 Å². The number of rotatable bonds is 9. The van der Waals surface area contributed by atoms with Crippen molar-refractivity contribution in [1.29, 1.82) is 0 Å². The number of fused-ring (bicyclic) bond motifs is 1. The lowest BCUT2D eigenvalue weighted by atomic mass is 9.88. The Hall–Kier alpha value is -3.01. The second-order valence-corrected chi connectivity index (χ2v) is 12.5. The molecule has 2 heterocycles. The van der Waals surface area contributed by atoms with E-state index < -0.39 is 17.7 Å². The summed E-state index contributed by atoms with van der Waals surface area (Å²) < 4.78 is 6.40. The fourth-order valence-electron chi connectivity index (χ4n) is 4.59. The summed E-state index contributed by atoms with van der Waals surface area (Å²) in [4.78, 5) is 57.4. The fraction of sp³-hybridized carbons (Fsp3) is 0.607. The standard InChI is InChI=1S/C28H40N4O5S/c1-17(2)15-22(29-18(3)33)25(35)30-21(24(34)26-31-20-9-7-8-10-23(20)38-26)16-19-11-13-32(14-12-19)27(36)37-28(4,5)6/h7-10,17,19,21-22H,11-16H2,1-6H3,(H,29,33)(H,30,35)/t21?,22-/m0/s1. The Bertz CT molecular complexity index is 1110. The molecule has 1 unspecified atom stereocenters. The highest BCUT2D eigenvalue weighted by Crippen LogP contribution is 2.27. The Labute approximate surface area is 228 Å². The van der Waals surface area contributed by atoms with Crippen LogP contribution in [0, 0.1) is 11.8 Å². The maximum atomic E-state index is 13.7. The van der Waals surface area contributed by atoms with Crippen molar-refractivity contribution in [2.45, 2.75) is 84.9 Å². The van der Waals surface area contributed by atoms with Gasteiger partial charge in [-0.1, -0.05) is 26.0 Å². The highest BCUT2D eigenvalue weighted by molar-refractivity contribution is 7.20. The molecule has 2 N–H and O–H groups in total. The van der Waals surface area contributed by atoms with E-state index in [1.165, 1.54) is 18.3 Å². The first-order valence-electron chi connectivity index (χ1n) is 13.3. The number of ether oxygens (including phenoxy) is 1. The van der Waals surface area contributed by atoms with Crippen molar-refractivity contribution in [3.63, 3.8) is 0 Å². The van der Waals surface area contributed by atoms with Gasteiger partial charge in [0, 0.05) is 20.0 Å². The molecule has 2 atom stereocenters. The third-order valence-corrected chi connectivity index (χ3v) is 7.42. The van der Waals surface area contributed by atoms with Crippen molar-refractivity contribution in [3.05, 3.63) is 29.3 Å². The molecule has 38 heavy (non-hydrogen) atoms. The Morgan fingerprint density at radius 2 is 1.74 bits per heavy atom. The second-order valence-electron chi connectivity index (χ2n) is 11.4. The van der Waals surface area contributed by atoms with Crippen LogP contribution in [0.5, 0.6) is 0 Å². The van der Waals surface area contributed by atoms with Gasteiger partial charge in [-0.15, -0.1) is 11.3 Å². The lowest BCUT2D eigenvalue weighted by Gasteiger charge is -2.34.